The molecule has 1 aromatic rings. The van der Waals surface area contributed by atoms with E-state index in [1.807, 2.05) is 0 Å². The van der Waals surface area contributed by atoms with Crippen molar-refractivity contribution in [3.63, 3.8) is 0 Å². The molecule has 0 saturated heterocycles. The summed E-state index contributed by atoms with van der Waals surface area (Å²) in [6, 6.07) is 1.55. The first-order chi connectivity index (χ1) is 7.28. The lowest BCUT2D eigenvalue weighted by atomic mass is 10.2. The minimum absolute atomic E-state index is 0.0268. The van der Waals surface area contributed by atoms with Gasteiger partial charge in [-0.1, -0.05) is 32.4 Å². The molecule has 5 heteroatoms. The molecular weight excluding hydrogens is 244 g/mol. The Bertz CT molecular complexity index is 401. The van der Waals surface area contributed by atoms with Gasteiger partial charge in [-0.05, 0) is 11.6 Å². The lowest BCUT2D eigenvalue weighted by Gasteiger charge is -2.17. The van der Waals surface area contributed by atoms with Crippen LogP contribution >= 0.6 is 23.4 Å². The van der Waals surface area contributed by atoms with Gasteiger partial charge in [-0.3, -0.25) is 5.41 Å². The molecule has 2 N–H and O–H groups in total. The number of nitrogens with zero attached hydrogens (tertiary/aromatic N) is 1. The van der Waals surface area contributed by atoms with Gasteiger partial charge in [0.15, 0.2) is 10.9 Å². The Kier molecular flexibility index (Phi) is 4.21. The third kappa shape index (κ3) is 4.41. The maximum atomic E-state index is 9.37. The first-order valence-corrected chi connectivity index (χ1v) is 6.07. The third-order valence-corrected chi connectivity index (χ3v) is 2.97. The highest BCUT2D eigenvalue weighted by Gasteiger charge is 2.14. The van der Waals surface area contributed by atoms with Gasteiger partial charge in [-0.25, -0.2) is 4.98 Å². The molecule has 0 amide bonds. The highest BCUT2D eigenvalue weighted by Crippen LogP contribution is 2.27. The van der Waals surface area contributed by atoms with E-state index < -0.39 is 0 Å². The number of thioether (sulfide) groups is 1. The van der Waals surface area contributed by atoms with Gasteiger partial charge in [0.1, 0.15) is 0 Å². The molecule has 0 saturated carbocycles. The Labute approximate surface area is 105 Å². The Balaban J connectivity index is 2.67. The van der Waals surface area contributed by atoms with E-state index >= 15 is 0 Å². The van der Waals surface area contributed by atoms with Crippen LogP contribution in [-0.4, -0.2) is 19.9 Å². The summed E-state index contributed by atoms with van der Waals surface area (Å²) in [4.78, 5) is 3.84. The molecule has 0 aliphatic heterocycles. The van der Waals surface area contributed by atoms with Crippen LogP contribution in [0.15, 0.2) is 12.3 Å². The van der Waals surface area contributed by atoms with Crippen molar-refractivity contribution in [2.45, 2.75) is 31.9 Å². The molecule has 0 aliphatic rings. The Morgan fingerprint density at radius 2 is 2.19 bits per heavy atom. The average molecular weight is 259 g/mol. The summed E-state index contributed by atoms with van der Waals surface area (Å²) in [5, 5.41) is 17.8. The molecule has 0 aromatic carbocycles. The molecule has 0 radical (unpaired) electrons. The fourth-order valence-electron chi connectivity index (χ4n) is 1.17. The molecule has 3 nitrogen and oxygen atoms in total. The lowest BCUT2D eigenvalue weighted by molar-refractivity contribution is 0.472. The smallest absolute Gasteiger partial charge is 0.170 e. The van der Waals surface area contributed by atoms with E-state index in [1.54, 1.807) is 12.3 Å². The van der Waals surface area contributed by atoms with E-state index in [0.717, 1.165) is 5.56 Å². The summed E-state index contributed by atoms with van der Waals surface area (Å²) in [5.74, 6) is -0.0345. The van der Waals surface area contributed by atoms with Crippen molar-refractivity contribution in [3.8, 4) is 5.75 Å². The van der Waals surface area contributed by atoms with Crippen molar-refractivity contribution in [1.82, 2.24) is 4.98 Å². The summed E-state index contributed by atoms with van der Waals surface area (Å²) >= 11 is 7.11. The summed E-state index contributed by atoms with van der Waals surface area (Å²) < 4.78 is 0.0268. The standard InChI is InChI=1S/C11H15ClN2OS/c1-11(2,3)16-9(13)5-7-4-8(15)10(12)14-6-7/h4,6,13,15H,5H2,1-3H3. The minimum Gasteiger partial charge on any atom is -0.505 e. The molecule has 0 bridgehead atoms. The Hall–Kier alpha value is -0.740. The maximum absolute atomic E-state index is 9.37. The topological polar surface area (TPSA) is 57.0 Å². The number of aromatic nitrogens is 1. The van der Waals surface area contributed by atoms with Crippen molar-refractivity contribution in [1.29, 1.82) is 5.41 Å². The molecular formula is C11H15ClN2OS. The molecule has 16 heavy (non-hydrogen) atoms. The predicted molar refractivity (Wildman–Crippen MR) is 69.7 cm³/mol. The summed E-state index contributed by atoms with van der Waals surface area (Å²) in [7, 11) is 0. The van der Waals surface area contributed by atoms with Crippen LogP contribution in [0.2, 0.25) is 5.15 Å². The van der Waals surface area contributed by atoms with Gasteiger partial charge in [0, 0.05) is 17.4 Å². The Morgan fingerprint density at radius 1 is 1.56 bits per heavy atom. The van der Waals surface area contributed by atoms with Crippen LogP contribution in [0.1, 0.15) is 26.3 Å². The number of rotatable bonds is 2. The van der Waals surface area contributed by atoms with Crippen LogP contribution in [0.3, 0.4) is 0 Å². The molecule has 0 spiro atoms. The Morgan fingerprint density at radius 3 is 2.69 bits per heavy atom. The zero-order chi connectivity index (χ0) is 12.3. The van der Waals surface area contributed by atoms with E-state index in [-0.39, 0.29) is 15.6 Å². The van der Waals surface area contributed by atoms with Crippen molar-refractivity contribution in [2.24, 2.45) is 0 Å². The van der Waals surface area contributed by atoms with Gasteiger partial charge in [-0.2, -0.15) is 0 Å². The largest absolute Gasteiger partial charge is 0.505 e. The molecule has 1 heterocycles. The molecule has 0 unspecified atom stereocenters. The van der Waals surface area contributed by atoms with Crippen molar-refractivity contribution in [2.75, 3.05) is 0 Å². The second kappa shape index (κ2) is 5.06. The van der Waals surface area contributed by atoms with Gasteiger partial charge in [-0.15, -0.1) is 11.8 Å². The summed E-state index contributed by atoms with van der Waals surface area (Å²) in [6.07, 6.45) is 2.06. The van der Waals surface area contributed by atoms with Gasteiger partial charge in [0.2, 0.25) is 0 Å². The number of nitrogens with one attached hydrogen (secondary N) is 1. The monoisotopic (exact) mass is 258 g/mol. The molecule has 0 aliphatic carbocycles. The van der Waals surface area contributed by atoms with Crippen LogP contribution in [0.25, 0.3) is 0 Å². The molecule has 88 valence electrons. The molecule has 1 aromatic heterocycles. The molecule has 0 atom stereocenters. The summed E-state index contributed by atoms with van der Waals surface area (Å²) in [6.45, 7) is 6.18. The summed E-state index contributed by atoms with van der Waals surface area (Å²) in [5.41, 5.74) is 0.795. The van der Waals surface area contributed by atoms with E-state index in [2.05, 4.69) is 25.8 Å². The fraction of sp³-hybridized carbons (Fsp3) is 0.455. The second-order valence-electron chi connectivity index (χ2n) is 4.47. The van der Waals surface area contributed by atoms with E-state index in [1.165, 1.54) is 11.8 Å². The minimum atomic E-state index is -0.0345. The fourth-order valence-corrected chi connectivity index (χ4v) is 2.25. The van der Waals surface area contributed by atoms with Crippen LogP contribution in [0.4, 0.5) is 0 Å². The maximum Gasteiger partial charge on any atom is 0.170 e. The van der Waals surface area contributed by atoms with Gasteiger partial charge >= 0.3 is 0 Å². The number of aromatic hydroxyl groups is 1. The first-order valence-electron chi connectivity index (χ1n) is 4.88. The first kappa shape index (κ1) is 13.3. The quantitative estimate of drug-likeness (QED) is 0.485. The predicted octanol–water partition coefficient (Wildman–Crippen LogP) is 3.49. The van der Waals surface area contributed by atoms with Crippen LogP contribution in [0.5, 0.6) is 5.75 Å². The van der Waals surface area contributed by atoms with E-state index in [9.17, 15) is 5.11 Å². The highest BCUT2D eigenvalue weighted by molar-refractivity contribution is 8.14. The SMILES string of the molecule is CC(C)(C)SC(=N)Cc1cnc(Cl)c(O)c1. The highest BCUT2D eigenvalue weighted by atomic mass is 35.5. The second-order valence-corrected chi connectivity index (χ2v) is 6.75. The number of hydrogen-bond acceptors (Lipinski definition) is 4. The van der Waals surface area contributed by atoms with Gasteiger partial charge in [0.25, 0.3) is 0 Å². The van der Waals surface area contributed by atoms with Gasteiger partial charge < -0.3 is 5.11 Å². The zero-order valence-electron chi connectivity index (χ0n) is 9.54. The van der Waals surface area contributed by atoms with Crippen molar-refractivity contribution in [3.05, 3.63) is 23.0 Å². The van der Waals surface area contributed by atoms with E-state index in [4.69, 9.17) is 17.0 Å². The number of pyridine rings is 1. The number of halogens is 1. The molecule has 0 fully saturated rings. The van der Waals surface area contributed by atoms with Crippen molar-refractivity contribution >= 4 is 28.4 Å². The van der Waals surface area contributed by atoms with Crippen LogP contribution in [0, 0.1) is 5.41 Å². The lowest BCUT2D eigenvalue weighted by Crippen LogP contribution is -2.12. The normalized spacial score (nSPS) is 11.5. The van der Waals surface area contributed by atoms with Crippen molar-refractivity contribution < 1.29 is 5.11 Å². The molecule has 1 rings (SSSR count). The van der Waals surface area contributed by atoms with Gasteiger partial charge in [0.05, 0.1) is 5.04 Å². The van der Waals surface area contributed by atoms with Crippen LogP contribution in [-0.2, 0) is 6.42 Å². The number of hydrogen-bond donors (Lipinski definition) is 2. The third-order valence-electron chi connectivity index (χ3n) is 1.67. The van der Waals surface area contributed by atoms with E-state index in [0.29, 0.717) is 11.5 Å². The van der Waals surface area contributed by atoms with Crippen LogP contribution < -0.4 is 0 Å². The zero-order valence-corrected chi connectivity index (χ0v) is 11.1. The average Bonchev–Trinajstić information content (AvgIpc) is 2.08.